The molecule has 35 heavy (non-hydrogen) atoms. The lowest BCUT2D eigenvalue weighted by atomic mass is 10.1. The third-order valence-electron chi connectivity index (χ3n) is 4.51. The summed E-state index contributed by atoms with van der Waals surface area (Å²) in [5.74, 6) is -4.95. The molecule has 0 saturated carbocycles. The number of amides is 1. The summed E-state index contributed by atoms with van der Waals surface area (Å²) in [5.41, 5.74) is 7.17. The molecule has 0 fully saturated rings. The van der Waals surface area contributed by atoms with Crippen LogP contribution >= 0.6 is 0 Å². The summed E-state index contributed by atoms with van der Waals surface area (Å²) < 4.78 is 67.1. The molecule has 8 nitrogen and oxygen atoms in total. The topological polar surface area (TPSA) is 115 Å². The molecule has 0 aromatic carbocycles. The van der Waals surface area contributed by atoms with Gasteiger partial charge in [-0.15, -0.1) is 0 Å². The largest absolute Gasteiger partial charge is 0.485 e. The van der Waals surface area contributed by atoms with Gasteiger partial charge in [-0.3, -0.25) is 9.79 Å². The first-order chi connectivity index (χ1) is 16.2. The average molecular weight is 502 g/mol. The normalized spacial score (nSPS) is 13.5. The predicted octanol–water partition coefficient (Wildman–Crippen LogP) is 4.24. The molecule has 2 aromatic heterocycles. The number of carbonyl (C=O) groups is 1. The Morgan fingerprint density at radius 2 is 1.86 bits per heavy atom. The Hall–Kier alpha value is -3.51. The molecule has 0 bridgehead atoms. The highest BCUT2D eigenvalue weighted by Gasteiger charge is 2.58. The van der Waals surface area contributed by atoms with Gasteiger partial charge in [0.25, 0.3) is 5.91 Å². The number of hydrogen-bond acceptors (Lipinski definition) is 5. The molecule has 1 unspecified atom stereocenters. The molecule has 2 aromatic rings. The molecule has 0 aliphatic heterocycles. The van der Waals surface area contributed by atoms with Gasteiger partial charge < -0.3 is 21.1 Å². The van der Waals surface area contributed by atoms with Crippen LogP contribution in [-0.4, -0.2) is 47.1 Å². The number of ether oxygens (including phenoxy) is 1. The highest BCUT2D eigenvalue weighted by atomic mass is 19.4. The number of anilines is 1. The van der Waals surface area contributed by atoms with E-state index in [0.29, 0.717) is 29.5 Å². The summed E-state index contributed by atoms with van der Waals surface area (Å²) in [6.07, 6.45) is -4.84. The van der Waals surface area contributed by atoms with Crippen molar-refractivity contribution in [2.75, 3.05) is 18.5 Å². The summed E-state index contributed by atoms with van der Waals surface area (Å²) in [7, 11) is 0. The highest BCUT2D eigenvalue weighted by molar-refractivity contribution is 5.93. The number of hydrogen-bond donors (Lipinski definition) is 3. The van der Waals surface area contributed by atoms with E-state index in [0.717, 1.165) is 18.3 Å². The lowest BCUT2D eigenvalue weighted by Crippen LogP contribution is -2.41. The number of nitrogens with one attached hydrogen (secondary N) is 2. The van der Waals surface area contributed by atoms with Gasteiger partial charge in [0.05, 0.1) is 12.2 Å². The molecule has 2 heterocycles. The quantitative estimate of drug-likeness (QED) is 0.269. The zero-order valence-corrected chi connectivity index (χ0v) is 19.6. The number of aromatic nitrogens is 2. The molecule has 0 saturated heterocycles. The van der Waals surface area contributed by atoms with Crippen molar-refractivity contribution >= 4 is 17.7 Å². The average Bonchev–Trinajstić information content (AvgIpc) is 2.75. The number of nitrogens with two attached hydrogens (primary N) is 1. The second-order valence-electron chi connectivity index (χ2n) is 8.24. The van der Waals surface area contributed by atoms with Crippen LogP contribution in [0.1, 0.15) is 48.6 Å². The Balaban J connectivity index is 2.03. The van der Waals surface area contributed by atoms with Crippen LogP contribution < -0.4 is 21.1 Å². The van der Waals surface area contributed by atoms with Crippen LogP contribution in [0.4, 0.5) is 27.8 Å². The fraction of sp³-hybridized carbons (Fsp3) is 0.455. The van der Waals surface area contributed by atoms with E-state index in [-0.39, 0.29) is 17.4 Å². The molecular weight excluding hydrogens is 475 g/mol. The Labute approximate surface area is 199 Å². The van der Waals surface area contributed by atoms with E-state index in [1.165, 1.54) is 0 Å². The first kappa shape index (κ1) is 27.7. The Bertz CT molecular complexity index is 1040. The van der Waals surface area contributed by atoms with Crippen molar-refractivity contribution in [3.63, 3.8) is 0 Å². The number of aryl methyl sites for hydroxylation is 1. The lowest BCUT2D eigenvalue weighted by Gasteiger charge is -2.19. The fourth-order valence-electron chi connectivity index (χ4n) is 2.67. The third-order valence-corrected chi connectivity index (χ3v) is 4.51. The molecule has 2 rings (SSSR count). The summed E-state index contributed by atoms with van der Waals surface area (Å²) in [4.78, 5) is 24.9. The second-order valence-corrected chi connectivity index (χ2v) is 8.24. The molecule has 0 radical (unpaired) electrons. The van der Waals surface area contributed by atoms with Crippen molar-refractivity contribution in [3.05, 3.63) is 47.4 Å². The molecule has 192 valence electrons. The van der Waals surface area contributed by atoms with Crippen LogP contribution in [0.15, 0.2) is 35.5 Å². The van der Waals surface area contributed by atoms with Crippen LogP contribution in [0.3, 0.4) is 0 Å². The van der Waals surface area contributed by atoms with E-state index in [1.54, 1.807) is 26.0 Å². The first-order valence-corrected chi connectivity index (χ1v) is 10.6. The fourth-order valence-corrected chi connectivity index (χ4v) is 2.67. The number of rotatable bonds is 9. The Kier molecular flexibility index (Phi) is 8.94. The van der Waals surface area contributed by atoms with Crippen LogP contribution in [0.5, 0.6) is 5.75 Å². The van der Waals surface area contributed by atoms with E-state index in [4.69, 9.17) is 5.73 Å². The van der Waals surface area contributed by atoms with Gasteiger partial charge in [0, 0.05) is 12.2 Å². The molecular formula is C22H27F5N6O2. The first-order valence-electron chi connectivity index (χ1n) is 10.6. The zero-order chi connectivity index (χ0) is 26.4. The summed E-state index contributed by atoms with van der Waals surface area (Å²) in [5, 5.41) is 5.64. The number of guanidine groups is 1. The number of pyridine rings is 2. The van der Waals surface area contributed by atoms with Gasteiger partial charge in [-0.05, 0) is 49.6 Å². The maximum absolute atomic E-state index is 13.0. The van der Waals surface area contributed by atoms with Crippen molar-refractivity contribution < 1.29 is 31.5 Å². The van der Waals surface area contributed by atoms with Gasteiger partial charge in [-0.1, -0.05) is 13.8 Å². The van der Waals surface area contributed by atoms with Crippen molar-refractivity contribution in [2.24, 2.45) is 16.6 Å². The predicted molar refractivity (Wildman–Crippen MR) is 121 cm³/mol. The summed E-state index contributed by atoms with van der Waals surface area (Å²) >= 11 is 0. The summed E-state index contributed by atoms with van der Waals surface area (Å²) in [6, 6.07) is 5.21. The van der Waals surface area contributed by atoms with Gasteiger partial charge in [-0.25, -0.2) is 9.97 Å². The Morgan fingerprint density at radius 1 is 1.17 bits per heavy atom. The number of nitrogens with zero attached hydrogens (tertiary/aromatic N) is 3. The van der Waals surface area contributed by atoms with Gasteiger partial charge >= 0.3 is 12.1 Å². The number of alkyl halides is 5. The van der Waals surface area contributed by atoms with E-state index in [1.807, 2.05) is 13.8 Å². The highest BCUT2D eigenvalue weighted by Crippen LogP contribution is 2.35. The van der Waals surface area contributed by atoms with Crippen molar-refractivity contribution in [2.45, 2.75) is 45.8 Å². The number of carbonyl (C=O) groups excluding carboxylic acids is 1. The number of aliphatic imine (C=N–C) groups is 1. The van der Waals surface area contributed by atoms with Crippen LogP contribution in [0, 0.1) is 12.8 Å². The number of halogens is 5. The van der Waals surface area contributed by atoms with E-state index < -0.39 is 30.7 Å². The minimum atomic E-state index is -5.73. The second kappa shape index (κ2) is 11.3. The molecule has 4 N–H and O–H groups in total. The molecule has 0 aliphatic carbocycles. The minimum Gasteiger partial charge on any atom is -0.485 e. The summed E-state index contributed by atoms with van der Waals surface area (Å²) in [6.45, 7) is 6.16. The molecule has 13 heteroatoms. The van der Waals surface area contributed by atoms with Gasteiger partial charge in [0.1, 0.15) is 17.3 Å². The van der Waals surface area contributed by atoms with Gasteiger partial charge in [-0.2, -0.15) is 22.0 Å². The molecule has 1 atom stereocenters. The van der Waals surface area contributed by atoms with Crippen LogP contribution in [0.2, 0.25) is 0 Å². The maximum atomic E-state index is 13.0. The standard InChI is InChI=1S/C22H27F5N6O2/c1-12(2)9-30-20(28)33-18-8-15(7-13(3)31-18)14(4)32-19(34)17-6-5-16(10-29-17)35-11-21(23,24)22(25,26)27/h5-8,10,12,14H,9,11H2,1-4H3,(H,32,34)(H3,28,30,31,33). The molecule has 0 spiro atoms. The molecule has 0 aliphatic rings. The van der Waals surface area contributed by atoms with Crippen molar-refractivity contribution in [3.8, 4) is 5.75 Å². The van der Waals surface area contributed by atoms with Crippen LogP contribution in [0.25, 0.3) is 0 Å². The van der Waals surface area contributed by atoms with Crippen molar-refractivity contribution in [1.29, 1.82) is 0 Å². The van der Waals surface area contributed by atoms with Gasteiger partial charge in [0.15, 0.2) is 12.6 Å². The third kappa shape index (κ3) is 8.34. The lowest BCUT2D eigenvalue weighted by molar-refractivity contribution is -0.290. The molecule has 1 amide bonds. The van der Waals surface area contributed by atoms with E-state index in [2.05, 4.69) is 30.3 Å². The maximum Gasteiger partial charge on any atom is 0.456 e. The smallest absolute Gasteiger partial charge is 0.456 e. The minimum absolute atomic E-state index is 0.0824. The van der Waals surface area contributed by atoms with E-state index in [9.17, 15) is 26.7 Å². The SMILES string of the molecule is Cc1cc(C(C)NC(=O)c2ccc(OCC(F)(F)C(F)(F)F)cn2)cc(NC(N)=NCC(C)C)n1. The van der Waals surface area contributed by atoms with Crippen molar-refractivity contribution in [1.82, 2.24) is 15.3 Å². The zero-order valence-electron chi connectivity index (χ0n) is 19.6. The Morgan fingerprint density at radius 3 is 2.43 bits per heavy atom. The van der Waals surface area contributed by atoms with Gasteiger partial charge in [0.2, 0.25) is 0 Å². The van der Waals surface area contributed by atoms with Crippen LogP contribution in [-0.2, 0) is 0 Å². The monoisotopic (exact) mass is 502 g/mol. The van der Waals surface area contributed by atoms with E-state index >= 15 is 0 Å².